The van der Waals surface area contributed by atoms with Gasteiger partial charge in [0.15, 0.2) is 5.96 Å². The zero-order chi connectivity index (χ0) is 15.1. The van der Waals surface area contributed by atoms with Gasteiger partial charge in [0.1, 0.15) is 0 Å². The second-order valence-corrected chi connectivity index (χ2v) is 5.57. The van der Waals surface area contributed by atoms with E-state index >= 15 is 0 Å². The average molecular weight is 276 g/mol. The summed E-state index contributed by atoms with van der Waals surface area (Å²) in [7, 11) is 4.14. The van der Waals surface area contributed by atoms with Crippen molar-refractivity contribution < 1.29 is 0 Å². The number of nitrogens with zero attached hydrogens (tertiary/aromatic N) is 2. The van der Waals surface area contributed by atoms with Crippen molar-refractivity contribution in [1.82, 2.24) is 10.2 Å². The first-order valence-corrected chi connectivity index (χ1v) is 7.23. The first-order valence-electron chi connectivity index (χ1n) is 7.23. The van der Waals surface area contributed by atoms with E-state index < -0.39 is 0 Å². The standard InChI is InChI=1S/C16H28N4/c1-6-13(3)19-16(17)18-11-15(20(4)5)14-9-7-12(2)8-10-14/h7-10,13,15H,6,11H2,1-5H3,(H3,17,18,19). The third-order valence-electron chi connectivity index (χ3n) is 3.53. The summed E-state index contributed by atoms with van der Waals surface area (Å²) in [6.07, 6.45) is 1.03. The van der Waals surface area contributed by atoms with E-state index in [1.165, 1.54) is 11.1 Å². The Morgan fingerprint density at radius 1 is 1.30 bits per heavy atom. The van der Waals surface area contributed by atoms with E-state index in [9.17, 15) is 0 Å². The van der Waals surface area contributed by atoms with Crippen molar-refractivity contribution in [3.05, 3.63) is 35.4 Å². The Morgan fingerprint density at radius 3 is 2.40 bits per heavy atom. The minimum absolute atomic E-state index is 0.243. The number of hydrogen-bond donors (Lipinski definition) is 2. The van der Waals surface area contributed by atoms with Crippen LogP contribution in [0.5, 0.6) is 0 Å². The van der Waals surface area contributed by atoms with Crippen LogP contribution in [0, 0.1) is 6.92 Å². The van der Waals surface area contributed by atoms with Gasteiger partial charge in [-0.05, 0) is 39.9 Å². The number of rotatable bonds is 6. The highest BCUT2D eigenvalue weighted by molar-refractivity contribution is 5.78. The highest BCUT2D eigenvalue weighted by Gasteiger charge is 2.13. The van der Waals surface area contributed by atoms with Crippen molar-refractivity contribution in [1.29, 1.82) is 0 Å². The summed E-state index contributed by atoms with van der Waals surface area (Å²) >= 11 is 0. The number of nitrogens with two attached hydrogens (primary N) is 1. The Hall–Kier alpha value is -1.55. The van der Waals surface area contributed by atoms with Crippen LogP contribution in [0.2, 0.25) is 0 Å². The molecule has 0 saturated heterocycles. The molecule has 3 N–H and O–H groups in total. The molecule has 2 atom stereocenters. The summed E-state index contributed by atoms with van der Waals surface area (Å²) < 4.78 is 0. The van der Waals surface area contributed by atoms with Crippen molar-refractivity contribution in [3.63, 3.8) is 0 Å². The maximum Gasteiger partial charge on any atom is 0.188 e. The van der Waals surface area contributed by atoms with Crippen LogP contribution in [0.15, 0.2) is 29.3 Å². The van der Waals surface area contributed by atoms with E-state index in [-0.39, 0.29) is 6.04 Å². The third-order valence-corrected chi connectivity index (χ3v) is 3.53. The minimum Gasteiger partial charge on any atom is -0.370 e. The van der Waals surface area contributed by atoms with E-state index in [0.717, 1.165) is 6.42 Å². The number of guanidine groups is 1. The number of aryl methyl sites for hydroxylation is 1. The highest BCUT2D eigenvalue weighted by Crippen LogP contribution is 2.19. The van der Waals surface area contributed by atoms with Crippen LogP contribution in [-0.4, -0.2) is 37.5 Å². The van der Waals surface area contributed by atoms with E-state index in [1.807, 2.05) is 0 Å². The Balaban J connectivity index is 2.73. The highest BCUT2D eigenvalue weighted by atomic mass is 15.1. The SMILES string of the molecule is CCC(C)NC(N)=NCC(c1ccc(C)cc1)N(C)C. The number of hydrogen-bond acceptors (Lipinski definition) is 2. The number of likely N-dealkylation sites (N-methyl/N-ethyl adjacent to an activating group) is 1. The summed E-state index contributed by atoms with van der Waals surface area (Å²) in [4.78, 5) is 6.65. The van der Waals surface area contributed by atoms with Crippen molar-refractivity contribution in [2.75, 3.05) is 20.6 Å². The second-order valence-electron chi connectivity index (χ2n) is 5.57. The zero-order valence-corrected chi connectivity index (χ0v) is 13.4. The lowest BCUT2D eigenvalue weighted by molar-refractivity contribution is 0.306. The fourth-order valence-corrected chi connectivity index (χ4v) is 1.94. The first-order chi connectivity index (χ1) is 9.43. The van der Waals surface area contributed by atoms with Gasteiger partial charge in [0.05, 0.1) is 12.6 Å². The summed E-state index contributed by atoms with van der Waals surface area (Å²) in [6.45, 7) is 6.98. The molecule has 20 heavy (non-hydrogen) atoms. The smallest absolute Gasteiger partial charge is 0.188 e. The molecule has 0 radical (unpaired) electrons. The van der Waals surface area contributed by atoms with Crippen LogP contribution in [-0.2, 0) is 0 Å². The fraction of sp³-hybridized carbons (Fsp3) is 0.562. The number of nitrogens with one attached hydrogen (secondary N) is 1. The quantitative estimate of drug-likeness (QED) is 0.619. The van der Waals surface area contributed by atoms with Crippen molar-refractivity contribution >= 4 is 5.96 Å². The molecule has 1 aromatic carbocycles. The van der Waals surface area contributed by atoms with Crippen LogP contribution in [0.1, 0.15) is 37.4 Å². The van der Waals surface area contributed by atoms with Crippen LogP contribution in [0.3, 0.4) is 0 Å². The first kappa shape index (κ1) is 16.5. The molecule has 1 rings (SSSR count). The summed E-state index contributed by atoms with van der Waals surface area (Å²) in [5, 5.41) is 3.19. The minimum atomic E-state index is 0.243. The van der Waals surface area contributed by atoms with Gasteiger partial charge in [-0.1, -0.05) is 36.8 Å². The van der Waals surface area contributed by atoms with Gasteiger partial charge in [0.25, 0.3) is 0 Å². The molecule has 0 amide bonds. The fourth-order valence-electron chi connectivity index (χ4n) is 1.94. The normalized spacial score (nSPS) is 15.2. The molecule has 2 unspecified atom stereocenters. The van der Waals surface area contributed by atoms with E-state index in [4.69, 9.17) is 5.73 Å². The summed E-state index contributed by atoms with van der Waals surface area (Å²) in [5.41, 5.74) is 8.46. The monoisotopic (exact) mass is 276 g/mol. The topological polar surface area (TPSA) is 53.6 Å². The lowest BCUT2D eigenvalue weighted by atomic mass is 10.0. The van der Waals surface area contributed by atoms with E-state index in [0.29, 0.717) is 18.5 Å². The Kier molecular flexibility index (Phi) is 6.52. The molecule has 112 valence electrons. The predicted octanol–water partition coefficient (Wildman–Crippen LogP) is 2.30. The molecule has 0 heterocycles. The Labute approximate surface area is 123 Å². The molecule has 0 fully saturated rings. The third kappa shape index (κ3) is 5.21. The maximum atomic E-state index is 5.92. The molecule has 1 aromatic rings. The van der Waals surface area contributed by atoms with Crippen molar-refractivity contribution in [2.45, 2.75) is 39.3 Å². The average Bonchev–Trinajstić information content (AvgIpc) is 2.40. The maximum absolute atomic E-state index is 5.92. The molecule has 0 aliphatic carbocycles. The van der Waals surface area contributed by atoms with Gasteiger partial charge in [-0.25, -0.2) is 0 Å². The van der Waals surface area contributed by atoms with Gasteiger partial charge in [-0.15, -0.1) is 0 Å². The van der Waals surface area contributed by atoms with Gasteiger partial charge in [0, 0.05) is 6.04 Å². The van der Waals surface area contributed by atoms with Crippen LogP contribution >= 0.6 is 0 Å². The largest absolute Gasteiger partial charge is 0.370 e. The van der Waals surface area contributed by atoms with E-state index in [1.54, 1.807) is 0 Å². The second kappa shape index (κ2) is 7.90. The molecule has 0 saturated carbocycles. The molecule has 4 heteroatoms. The van der Waals surface area contributed by atoms with Crippen molar-refractivity contribution in [3.8, 4) is 0 Å². The predicted molar refractivity (Wildman–Crippen MR) is 87.0 cm³/mol. The van der Waals surface area contributed by atoms with Crippen molar-refractivity contribution in [2.24, 2.45) is 10.7 Å². The zero-order valence-electron chi connectivity index (χ0n) is 13.4. The molecule has 0 aromatic heterocycles. The lowest BCUT2D eigenvalue weighted by Gasteiger charge is -2.23. The molecular formula is C16H28N4. The van der Waals surface area contributed by atoms with Gasteiger partial charge in [-0.3, -0.25) is 4.99 Å². The number of benzene rings is 1. The van der Waals surface area contributed by atoms with Gasteiger partial charge < -0.3 is 16.0 Å². The van der Waals surface area contributed by atoms with Crippen LogP contribution < -0.4 is 11.1 Å². The summed E-state index contributed by atoms with van der Waals surface area (Å²) in [5.74, 6) is 0.526. The molecule has 0 bridgehead atoms. The van der Waals surface area contributed by atoms with E-state index in [2.05, 4.69) is 74.3 Å². The molecule has 4 nitrogen and oxygen atoms in total. The van der Waals surface area contributed by atoms with Gasteiger partial charge in [0.2, 0.25) is 0 Å². The Morgan fingerprint density at radius 2 is 1.90 bits per heavy atom. The van der Waals surface area contributed by atoms with Gasteiger partial charge in [-0.2, -0.15) is 0 Å². The van der Waals surface area contributed by atoms with Crippen LogP contribution in [0.25, 0.3) is 0 Å². The Bertz CT molecular complexity index is 423. The summed E-state index contributed by atoms with van der Waals surface area (Å²) in [6, 6.07) is 9.19. The molecule has 0 spiro atoms. The molecule has 0 aliphatic heterocycles. The lowest BCUT2D eigenvalue weighted by Crippen LogP contribution is -2.38. The molecular weight excluding hydrogens is 248 g/mol. The molecule has 0 aliphatic rings. The van der Waals surface area contributed by atoms with Gasteiger partial charge >= 0.3 is 0 Å². The number of aliphatic imine (C=N–C) groups is 1. The van der Waals surface area contributed by atoms with Crippen LogP contribution in [0.4, 0.5) is 0 Å².